The van der Waals surface area contributed by atoms with Gasteiger partial charge in [0.2, 0.25) is 0 Å². The molecule has 6 nitrogen and oxygen atoms in total. The molecule has 0 saturated carbocycles. The summed E-state index contributed by atoms with van der Waals surface area (Å²) in [4.78, 5) is 29.1. The van der Waals surface area contributed by atoms with Crippen molar-refractivity contribution in [2.24, 2.45) is 4.99 Å². The summed E-state index contributed by atoms with van der Waals surface area (Å²) >= 11 is 13.4. The Kier molecular flexibility index (Phi) is 5.80. The predicted octanol–water partition coefficient (Wildman–Crippen LogP) is 4.65. The maximum Gasteiger partial charge on any atom is 0.288 e. The molecular weight excluding hydrogens is 397 g/mol. The molecule has 0 radical (unpaired) electrons. The number of aliphatic imine (C=N–C) groups is 1. The molecule has 0 aromatic heterocycles. The smallest absolute Gasteiger partial charge is 0.286 e. The number of halogens is 2. The molecule has 2 aromatic carbocycles. The Hall–Kier alpha value is -2.09. The Balaban J connectivity index is 1.75. The summed E-state index contributed by atoms with van der Waals surface area (Å²) in [6.45, 7) is 0.923. The lowest BCUT2D eigenvalue weighted by Crippen LogP contribution is -2.32. The van der Waals surface area contributed by atoms with Gasteiger partial charge in [0, 0.05) is 29.0 Å². The lowest BCUT2D eigenvalue weighted by atomic mass is 10.2. The van der Waals surface area contributed by atoms with Gasteiger partial charge in [-0.1, -0.05) is 53.2 Å². The van der Waals surface area contributed by atoms with Crippen LogP contribution in [0.3, 0.4) is 0 Å². The normalized spacial score (nSPS) is 13.6. The second kappa shape index (κ2) is 8.07. The molecule has 2 aromatic rings. The number of carbonyl (C=O) groups excluding carboxylic acids is 1. The first kappa shape index (κ1) is 18.7. The monoisotopic (exact) mass is 409 g/mol. The minimum absolute atomic E-state index is 0.00467. The molecule has 134 valence electrons. The molecule has 0 fully saturated rings. The quantitative estimate of drug-likeness (QED) is 0.543. The molecule has 1 amide bonds. The molecule has 9 heteroatoms. The van der Waals surface area contributed by atoms with Gasteiger partial charge in [-0.25, -0.2) is 0 Å². The SMILES string of the molecule is O=C(c1ccc(Cl)c([N+](=O)[O-])c1)N1CCN=C1SCc1ccccc1Cl. The first-order valence-corrected chi connectivity index (χ1v) is 9.38. The maximum atomic E-state index is 12.8. The van der Waals surface area contributed by atoms with E-state index in [9.17, 15) is 14.9 Å². The van der Waals surface area contributed by atoms with E-state index in [1.54, 1.807) is 0 Å². The second-order valence-electron chi connectivity index (χ2n) is 5.42. The summed E-state index contributed by atoms with van der Waals surface area (Å²) < 4.78 is 0. The highest BCUT2D eigenvalue weighted by Gasteiger charge is 2.27. The fraction of sp³-hybridized carbons (Fsp3) is 0.176. The van der Waals surface area contributed by atoms with E-state index in [-0.39, 0.29) is 22.2 Å². The summed E-state index contributed by atoms with van der Waals surface area (Å²) in [6, 6.07) is 11.5. The zero-order valence-electron chi connectivity index (χ0n) is 13.4. The maximum absolute atomic E-state index is 12.8. The number of nitrogens with zero attached hydrogens (tertiary/aromatic N) is 3. The molecule has 1 aliphatic heterocycles. The molecule has 26 heavy (non-hydrogen) atoms. The highest BCUT2D eigenvalue weighted by Crippen LogP contribution is 2.28. The molecule has 0 bridgehead atoms. The number of nitro groups is 1. The van der Waals surface area contributed by atoms with E-state index in [1.807, 2.05) is 24.3 Å². The van der Waals surface area contributed by atoms with Crippen molar-refractivity contribution in [3.8, 4) is 0 Å². The number of hydrogen-bond donors (Lipinski definition) is 0. The average Bonchev–Trinajstić information content (AvgIpc) is 3.09. The van der Waals surface area contributed by atoms with E-state index >= 15 is 0 Å². The van der Waals surface area contributed by atoms with Crippen molar-refractivity contribution in [3.63, 3.8) is 0 Å². The van der Waals surface area contributed by atoms with Crippen LogP contribution >= 0.6 is 35.0 Å². The van der Waals surface area contributed by atoms with Crippen LogP contribution in [-0.2, 0) is 5.75 Å². The Morgan fingerprint density at radius 1 is 1.23 bits per heavy atom. The lowest BCUT2D eigenvalue weighted by Gasteiger charge is -2.18. The standard InChI is InChI=1S/C17H13Cl2N3O3S/c18-13-4-2-1-3-12(13)10-26-17-20-7-8-21(17)16(23)11-5-6-14(19)15(9-11)22(24)25/h1-6,9H,7-8,10H2. The first-order chi connectivity index (χ1) is 12.5. The van der Waals surface area contributed by atoms with E-state index in [4.69, 9.17) is 23.2 Å². The number of benzene rings is 2. The number of rotatable bonds is 4. The van der Waals surface area contributed by atoms with Crippen LogP contribution in [0, 0.1) is 10.1 Å². The Labute approximate surface area is 164 Å². The van der Waals surface area contributed by atoms with Crippen molar-refractivity contribution in [1.82, 2.24) is 4.90 Å². The van der Waals surface area contributed by atoms with Crippen molar-refractivity contribution in [1.29, 1.82) is 0 Å². The van der Waals surface area contributed by atoms with E-state index in [0.717, 1.165) is 5.56 Å². The molecule has 0 saturated heterocycles. The van der Waals surface area contributed by atoms with E-state index in [1.165, 1.54) is 34.9 Å². The summed E-state index contributed by atoms with van der Waals surface area (Å²) in [5.41, 5.74) is 0.858. The third kappa shape index (κ3) is 4.00. The minimum atomic E-state index is -0.607. The molecule has 1 heterocycles. The van der Waals surface area contributed by atoms with Gasteiger partial charge in [-0.15, -0.1) is 0 Å². The van der Waals surface area contributed by atoms with E-state index in [2.05, 4.69) is 4.99 Å². The zero-order valence-corrected chi connectivity index (χ0v) is 15.7. The minimum Gasteiger partial charge on any atom is -0.286 e. The van der Waals surface area contributed by atoms with Gasteiger partial charge < -0.3 is 0 Å². The molecular formula is C17H13Cl2N3O3S. The van der Waals surface area contributed by atoms with E-state index < -0.39 is 4.92 Å². The fourth-order valence-corrected chi connectivity index (χ4v) is 3.96. The van der Waals surface area contributed by atoms with Crippen molar-refractivity contribution in [2.75, 3.05) is 13.1 Å². The van der Waals surface area contributed by atoms with Gasteiger partial charge in [-0.05, 0) is 23.8 Å². The second-order valence-corrected chi connectivity index (χ2v) is 7.18. The third-order valence-electron chi connectivity index (χ3n) is 3.75. The topological polar surface area (TPSA) is 75.8 Å². The lowest BCUT2D eigenvalue weighted by molar-refractivity contribution is -0.384. The predicted molar refractivity (Wildman–Crippen MR) is 104 cm³/mol. The summed E-state index contributed by atoms with van der Waals surface area (Å²) in [5.74, 6) is 0.232. The summed E-state index contributed by atoms with van der Waals surface area (Å²) in [7, 11) is 0. The number of amidine groups is 1. The molecule has 0 spiro atoms. The fourth-order valence-electron chi connectivity index (χ4n) is 2.44. The van der Waals surface area contributed by atoms with Crippen molar-refractivity contribution < 1.29 is 9.72 Å². The molecule has 0 N–H and O–H groups in total. The van der Waals surface area contributed by atoms with Crippen LogP contribution in [-0.4, -0.2) is 34.0 Å². The van der Waals surface area contributed by atoms with Crippen molar-refractivity contribution in [2.45, 2.75) is 5.75 Å². The van der Waals surface area contributed by atoms with Crippen LogP contribution in [0.5, 0.6) is 0 Å². The van der Waals surface area contributed by atoms with Gasteiger partial charge in [0.15, 0.2) is 5.17 Å². The highest BCUT2D eigenvalue weighted by atomic mass is 35.5. The van der Waals surface area contributed by atoms with Gasteiger partial charge in [0.1, 0.15) is 5.02 Å². The largest absolute Gasteiger partial charge is 0.288 e. The van der Waals surface area contributed by atoms with Gasteiger partial charge in [-0.2, -0.15) is 0 Å². The van der Waals surface area contributed by atoms with Crippen molar-refractivity contribution >= 4 is 51.7 Å². The van der Waals surface area contributed by atoms with Crippen LogP contribution < -0.4 is 0 Å². The zero-order chi connectivity index (χ0) is 18.7. The Morgan fingerprint density at radius 2 is 2.00 bits per heavy atom. The van der Waals surface area contributed by atoms with Crippen LogP contribution in [0.25, 0.3) is 0 Å². The van der Waals surface area contributed by atoms with Gasteiger partial charge in [0.25, 0.3) is 11.6 Å². The number of nitro benzene ring substituents is 1. The summed E-state index contributed by atoms with van der Waals surface area (Å²) in [5, 5.41) is 12.3. The van der Waals surface area contributed by atoms with Crippen LogP contribution in [0.15, 0.2) is 47.5 Å². The summed E-state index contributed by atoms with van der Waals surface area (Å²) in [6.07, 6.45) is 0. The first-order valence-electron chi connectivity index (χ1n) is 7.64. The molecule has 3 rings (SSSR count). The van der Waals surface area contributed by atoms with E-state index in [0.29, 0.717) is 29.0 Å². The van der Waals surface area contributed by atoms with Crippen LogP contribution in [0.1, 0.15) is 15.9 Å². The average molecular weight is 410 g/mol. The Bertz CT molecular complexity index is 905. The van der Waals surface area contributed by atoms with Gasteiger partial charge >= 0.3 is 0 Å². The number of hydrogen-bond acceptors (Lipinski definition) is 5. The molecule has 0 atom stereocenters. The third-order valence-corrected chi connectivity index (χ3v) is 5.50. The number of amides is 1. The van der Waals surface area contributed by atoms with Gasteiger partial charge in [-0.3, -0.25) is 24.8 Å². The van der Waals surface area contributed by atoms with Crippen molar-refractivity contribution in [3.05, 3.63) is 73.8 Å². The van der Waals surface area contributed by atoms with Gasteiger partial charge in [0.05, 0.1) is 11.5 Å². The number of carbonyl (C=O) groups is 1. The van der Waals surface area contributed by atoms with Crippen LogP contribution in [0.2, 0.25) is 10.0 Å². The molecule has 0 unspecified atom stereocenters. The van der Waals surface area contributed by atoms with Crippen LogP contribution in [0.4, 0.5) is 5.69 Å². The number of thioether (sulfide) groups is 1. The highest BCUT2D eigenvalue weighted by molar-refractivity contribution is 8.13. The molecule has 1 aliphatic rings. The molecule has 0 aliphatic carbocycles. The Morgan fingerprint density at radius 3 is 2.73 bits per heavy atom.